The molecule has 2 N–H and O–H groups in total. The van der Waals surface area contributed by atoms with Gasteiger partial charge in [0.2, 0.25) is 0 Å². The van der Waals surface area contributed by atoms with Crippen LogP contribution in [0.25, 0.3) is 0 Å². The van der Waals surface area contributed by atoms with E-state index in [-0.39, 0.29) is 11.6 Å². The third-order valence-corrected chi connectivity index (χ3v) is 7.28. The molecule has 0 aromatic rings. The Morgan fingerprint density at radius 2 is 1.86 bits per heavy atom. The fourth-order valence-electron chi connectivity index (χ4n) is 3.52. The van der Waals surface area contributed by atoms with Crippen LogP contribution >= 0.6 is 0 Å². The Morgan fingerprint density at radius 1 is 1.19 bits per heavy atom. The zero-order chi connectivity index (χ0) is 15.7. The van der Waals surface area contributed by atoms with Gasteiger partial charge in [0.05, 0.1) is 0 Å². The summed E-state index contributed by atoms with van der Waals surface area (Å²) < 4.78 is 28.9. The summed E-state index contributed by atoms with van der Waals surface area (Å²) in [5.74, 6) is 0. The van der Waals surface area contributed by atoms with Crippen molar-refractivity contribution in [1.29, 1.82) is 0 Å². The van der Waals surface area contributed by atoms with Gasteiger partial charge < -0.3 is 10.6 Å². The van der Waals surface area contributed by atoms with Crippen LogP contribution in [-0.2, 0) is 10.2 Å². The summed E-state index contributed by atoms with van der Waals surface area (Å²) in [4.78, 5) is 2.18. The van der Waals surface area contributed by atoms with Crippen molar-refractivity contribution in [2.45, 2.75) is 50.1 Å². The number of rotatable bonds is 6. The number of hydrogen-bond acceptors (Lipinski definition) is 4. The van der Waals surface area contributed by atoms with Crippen LogP contribution in [0.2, 0.25) is 0 Å². The van der Waals surface area contributed by atoms with Crippen LogP contribution in [0.1, 0.15) is 38.5 Å². The minimum absolute atomic E-state index is 0.00974. The molecular formula is C14H30N4O2S. The molecule has 0 amide bonds. The Labute approximate surface area is 129 Å². The lowest BCUT2D eigenvalue weighted by Crippen LogP contribution is -2.60. The average Bonchev–Trinajstić information content (AvgIpc) is 2.41. The predicted molar refractivity (Wildman–Crippen MR) is 85.2 cm³/mol. The molecule has 0 spiro atoms. The molecule has 1 saturated carbocycles. The fourth-order valence-corrected chi connectivity index (χ4v) is 5.21. The van der Waals surface area contributed by atoms with E-state index in [4.69, 9.17) is 5.73 Å². The van der Waals surface area contributed by atoms with Gasteiger partial charge in [-0.25, -0.2) is 0 Å². The number of nitrogens with two attached hydrogens (primary N) is 1. The molecular weight excluding hydrogens is 288 g/mol. The molecule has 0 bridgehead atoms. The molecule has 1 aliphatic carbocycles. The second kappa shape index (κ2) is 6.50. The van der Waals surface area contributed by atoms with Crippen molar-refractivity contribution in [2.24, 2.45) is 5.73 Å². The Balaban J connectivity index is 2.11. The standard InChI is InChI=1S/C14H30N4O2S/c1-16(2)14(8-6-9-14)12-17(3)21(19,20)18-10-5-4-7-13(18)11-15/h13H,4-12,15H2,1-3H3. The second-order valence-corrected chi connectivity index (χ2v) is 8.72. The summed E-state index contributed by atoms with van der Waals surface area (Å²) in [6.45, 7) is 1.57. The topological polar surface area (TPSA) is 69.9 Å². The quantitative estimate of drug-likeness (QED) is 0.772. The summed E-state index contributed by atoms with van der Waals surface area (Å²) in [6.07, 6.45) is 6.20. The molecule has 1 saturated heterocycles. The van der Waals surface area contributed by atoms with Gasteiger partial charge in [0.25, 0.3) is 10.2 Å². The third kappa shape index (κ3) is 3.27. The van der Waals surface area contributed by atoms with E-state index in [0.717, 1.165) is 32.1 Å². The maximum Gasteiger partial charge on any atom is 0.282 e. The van der Waals surface area contributed by atoms with E-state index in [1.54, 1.807) is 15.7 Å². The van der Waals surface area contributed by atoms with E-state index in [2.05, 4.69) is 4.90 Å². The minimum atomic E-state index is -3.41. The minimum Gasteiger partial charge on any atom is -0.329 e. The van der Waals surface area contributed by atoms with E-state index in [9.17, 15) is 8.42 Å². The van der Waals surface area contributed by atoms with Crippen molar-refractivity contribution in [3.8, 4) is 0 Å². The smallest absolute Gasteiger partial charge is 0.282 e. The van der Waals surface area contributed by atoms with Gasteiger partial charge in [-0.1, -0.05) is 6.42 Å². The predicted octanol–water partition coefficient (Wildman–Crippen LogP) is 0.461. The molecule has 1 unspecified atom stereocenters. The summed E-state index contributed by atoms with van der Waals surface area (Å²) >= 11 is 0. The van der Waals surface area contributed by atoms with Crippen molar-refractivity contribution in [2.75, 3.05) is 40.8 Å². The molecule has 1 aliphatic heterocycles. The highest BCUT2D eigenvalue weighted by Gasteiger charge is 2.43. The molecule has 2 fully saturated rings. The summed E-state index contributed by atoms with van der Waals surface area (Å²) in [5.41, 5.74) is 5.78. The Kier molecular flexibility index (Phi) is 5.31. The molecule has 1 atom stereocenters. The molecule has 6 nitrogen and oxygen atoms in total. The molecule has 1 heterocycles. The maximum atomic E-state index is 12.9. The first-order chi connectivity index (χ1) is 9.83. The van der Waals surface area contributed by atoms with Gasteiger partial charge >= 0.3 is 0 Å². The second-order valence-electron chi connectivity index (χ2n) is 6.73. The zero-order valence-corrected chi connectivity index (χ0v) is 14.4. The van der Waals surface area contributed by atoms with Crippen LogP contribution in [0, 0.1) is 0 Å². The highest BCUT2D eigenvalue weighted by molar-refractivity contribution is 7.86. The summed E-state index contributed by atoms with van der Waals surface area (Å²) in [5, 5.41) is 0. The molecule has 124 valence electrons. The lowest BCUT2D eigenvalue weighted by Gasteiger charge is -2.49. The first kappa shape index (κ1) is 17.1. The Bertz CT molecular complexity index is 448. The molecule has 0 radical (unpaired) electrons. The van der Waals surface area contributed by atoms with Gasteiger partial charge in [0, 0.05) is 38.3 Å². The van der Waals surface area contributed by atoms with Crippen LogP contribution in [0.4, 0.5) is 0 Å². The molecule has 2 aliphatic rings. The van der Waals surface area contributed by atoms with Gasteiger partial charge in [-0.2, -0.15) is 17.0 Å². The SMILES string of the molecule is CN(C)C1(CN(C)S(=O)(=O)N2CCCCC2CN)CCC1. The van der Waals surface area contributed by atoms with Crippen molar-refractivity contribution >= 4 is 10.2 Å². The van der Waals surface area contributed by atoms with Crippen LogP contribution in [0.3, 0.4) is 0 Å². The van der Waals surface area contributed by atoms with E-state index in [1.807, 2.05) is 14.1 Å². The van der Waals surface area contributed by atoms with E-state index < -0.39 is 10.2 Å². The highest BCUT2D eigenvalue weighted by Crippen LogP contribution is 2.37. The molecule has 0 aromatic heterocycles. The molecule has 2 rings (SSSR count). The molecule has 0 aromatic carbocycles. The van der Waals surface area contributed by atoms with Gasteiger partial charge in [-0.15, -0.1) is 0 Å². The molecule has 7 heteroatoms. The van der Waals surface area contributed by atoms with Crippen LogP contribution in [0.15, 0.2) is 0 Å². The van der Waals surface area contributed by atoms with Crippen molar-refractivity contribution in [3.05, 3.63) is 0 Å². The number of hydrogen-bond donors (Lipinski definition) is 1. The highest BCUT2D eigenvalue weighted by atomic mass is 32.2. The largest absolute Gasteiger partial charge is 0.329 e. The van der Waals surface area contributed by atoms with Crippen molar-refractivity contribution in [3.63, 3.8) is 0 Å². The van der Waals surface area contributed by atoms with Crippen LogP contribution in [-0.4, -0.2) is 74.3 Å². The lowest BCUT2D eigenvalue weighted by molar-refractivity contribution is 0.0436. The van der Waals surface area contributed by atoms with Crippen LogP contribution in [0.5, 0.6) is 0 Å². The summed E-state index contributed by atoms with van der Waals surface area (Å²) in [6, 6.07) is -0.0390. The van der Waals surface area contributed by atoms with Crippen LogP contribution < -0.4 is 5.73 Å². The van der Waals surface area contributed by atoms with E-state index in [0.29, 0.717) is 19.6 Å². The van der Waals surface area contributed by atoms with Gasteiger partial charge in [-0.05, 0) is 46.2 Å². The number of nitrogens with zero attached hydrogens (tertiary/aromatic N) is 3. The maximum absolute atomic E-state index is 12.9. The number of likely N-dealkylation sites (N-methyl/N-ethyl adjacent to an activating group) is 2. The normalized spacial score (nSPS) is 27.0. The third-order valence-electron chi connectivity index (χ3n) is 5.29. The Morgan fingerprint density at radius 3 is 2.33 bits per heavy atom. The van der Waals surface area contributed by atoms with Gasteiger partial charge in [0.15, 0.2) is 0 Å². The Hall–Kier alpha value is -0.210. The van der Waals surface area contributed by atoms with Gasteiger partial charge in [-0.3, -0.25) is 0 Å². The average molecular weight is 318 g/mol. The van der Waals surface area contributed by atoms with Gasteiger partial charge in [0.1, 0.15) is 0 Å². The van der Waals surface area contributed by atoms with E-state index >= 15 is 0 Å². The van der Waals surface area contributed by atoms with Crippen molar-refractivity contribution < 1.29 is 8.42 Å². The molecule has 21 heavy (non-hydrogen) atoms. The summed E-state index contributed by atoms with van der Waals surface area (Å²) in [7, 11) is 2.39. The zero-order valence-electron chi connectivity index (χ0n) is 13.6. The number of piperidine rings is 1. The lowest BCUT2D eigenvalue weighted by atomic mass is 9.75. The van der Waals surface area contributed by atoms with E-state index in [1.165, 1.54) is 6.42 Å². The monoisotopic (exact) mass is 318 g/mol. The fraction of sp³-hybridized carbons (Fsp3) is 1.00. The first-order valence-corrected chi connectivity index (χ1v) is 9.34. The van der Waals surface area contributed by atoms with Crippen molar-refractivity contribution in [1.82, 2.24) is 13.5 Å². The first-order valence-electron chi connectivity index (χ1n) is 7.94.